The first-order valence-corrected chi connectivity index (χ1v) is 8.07. The van der Waals surface area contributed by atoms with Gasteiger partial charge in [-0.1, -0.05) is 0 Å². The number of hydrogen-bond donors (Lipinski definition) is 0. The molecule has 0 amide bonds. The molecule has 0 atom stereocenters. The predicted octanol–water partition coefficient (Wildman–Crippen LogP) is 2.04. The third-order valence-corrected chi connectivity index (χ3v) is 4.59. The van der Waals surface area contributed by atoms with Crippen molar-refractivity contribution in [3.05, 3.63) is 34.0 Å². The Kier molecular flexibility index (Phi) is 3.82. The molecule has 0 saturated carbocycles. The van der Waals surface area contributed by atoms with Crippen LogP contribution in [0.3, 0.4) is 0 Å². The number of pyridine rings is 1. The molecule has 0 fully saturated rings. The van der Waals surface area contributed by atoms with Gasteiger partial charge in [0.15, 0.2) is 6.29 Å². The van der Waals surface area contributed by atoms with Gasteiger partial charge in [0.1, 0.15) is 5.52 Å². The zero-order valence-electron chi connectivity index (χ0n) is 13.7. The predicted molar refractivity (Wildman–Crippen MR) is 88.0 cm³/mol. The Hall–Kier alpha value is -2.25. The van der Waals surface area contributed by atoms with E-state index >= 15 is 0 Å². The van der Waals surface area contributed by atoms with Crippen LogP contribution in [-0.4, -0.2) is 35.0 Å². The summed E-state index contributed by atoms with van der Waals surface area (Å²) in [6.07, 6.45) is 5.29. The molecule has 0 bridgehead atoms. The highest BCUT2D eigenvalue weighted by atomic mass is 16.7. The van der Waals surface area contributed by atoms with Gasteiger partial charge < -0.3 is 13.9 Å². The molecule has 1 aliphatic rings. The summed E-state index contributed by atoms with van der Waals surface area (Å²) in [7, 11) is 3.06. The molecule has 0 spiro atoms. The second-order valence-corrected chi connectivity index (χ2v) is 6.04. The van der Waals surface area contributed by atoms with Crippen molar-refractivity contribution in [3.8, 4) is 0 Å². The monoisotopic (exact) mass is 329 g/mol. The number of ether oxygens (including phenoxy) is 2. The number of hydrogen-bond acceptors (Lipinski definition) is 6. The van der Waals surface area contributed by atoms with Crippen molar-refractivity contribution in [2.24, 2.45) is 0 Å². The van der Waals surface area contributed by atoms with Crippen LogP contribution in [0.4, 0.5) is 0 Å². The van der Waals surface area contributed by atoms with E-state index in [1.807, 2.05) is 0 Å². The number of methoxy groups -OCH3 is 2. The van der Waals surface area contributed by atoms with Gasteiger partial charge in [-0.05, 0) is 37.3 Å². The van der Waals surface area contributed by atoms with Crippen LogP contribution in [0, 0.1) is 0 Å². The van der Waals surface area contributed by atoms with E-state index in [2.05, 4.69) is 16.0 Å². The summed E-state index contributed by atoms with van der Waals surface area (Å²) in [6, 6.07) is 2.08. The lowest BCUT2D eigenvalue weighted by Crippen LogP contribution is -2.28. The Morgan fingerprint density at radius 3 is 2.88 bits per heavy atom. The van der Waals surface area contributed by atoms with Crippen molar-refractivity contribution < 1.29 is 13.9 Å². The van der Waals surface area contributed by atoms with Gasteiger partial charge >= 0.3 is 0 Å². The molecular weight excluding hydrogens is 310 g/mol. The molecule has 0 radical (unpaired) electrons. The minimum Gasteiger partial charge on any atom is -0.430 e. The number of aromatic nitrogens is 3. The number of rotatable bonds is 4. The summed E-state index contributed by atoms with van der Waals surface area (Å²) in [5.74, 6) is 0. The lowest BCUT2D eigenvalue weighted by molar-refractivity contribution is -0.111. The summed E-state index contributed by atoms with van der Waals surface area (Å²) >= 11 is 0. The van der Waals surface area contributed by atoms with Crippen LogP contribution < -0.4 is 5.56 Å². The largest absolute Gasteiger partial charge is 0.430 e. The van der Waals surface area contributed by atoms with Crippen LogP contribution in [0.2, 0.25) is 0 Å². The van der Waals surface area contributed by atoms with Crippen molar-refractivity contribution in [1.82, 2.24) is 14.5 Å². The first-order valence-electron chi connectivity index (χ1n) is 8.07. The molecule has 3 heterocycles. The van der Waals surface area contributed by atoms with Gasteiger partial charge in [-0.3, -0.25) is 9.36 Å². The molecule has 1 aliphatic carbocycles. The van der Waals surface area contributed by atoms with E-state index in [4.69, 9.17) is 13.9 Å². The molecule has 3 aromatic rings. The van der Waals surface area contributed by atoms with E-state index in [-0.39, 0.29) is 17.7 Å². The zero-order chi connectivity index (χ0) is 16.7. The van der Waals surface area contributed by atoms with E-state index in [0.717, 1.165) is 30.3 Å². The van der Waals surface area contributed by atoms with E-state index in [1.54, 1.807) is 0 Å². The Labute approximate surface area is 138 Å². The zero-order valence-corrected chi connectivity index (χ0v) is 13.7. The average molecular weight is 329 g/mol. The molecule has 4 rings (SSSR count). The summed E-state index contributed by atoms with van der Waals surface area (Å²) < 4.78 is 17.5. The fourth-order valence-electron chi connectivity index (χ4n) is 3.25. The first kappa shape index (κ1) is 15.3. The maximum absolute atomic E-state index is 12.7. The average Bonchev–Trinajstić information content (AvgIpc) is 2.97. The van der Waals surface area contributed by atoms with Crippen LogP contribution >= 0.6 is 0 Å². The summed E-state index contributed by atoms with van der Waals surface area (Å²) in [5, 5.41) is 0.810. The van der Waals surface area contributed by atoms with Gasteiger partial charge in [0, 0.05) is 19.9 Å². The molecule has 126 valence electrons. The Bertz CT molecular complexity index is 956. The maximum atomic E-state index is 12.7. The van der Waals surface area contributed by atoms with Gasteiger partial charge in [-0.15, -0.1) is 0 Å². The third kappa shape index (κ3) is 2.40. The minimum atomic E-state index is -0.517. The van der Waals surface area contributed by atoms with Crippen molar-refractivity contribution in [3.63, 3.8) is 0 Å². The quantitative estimate of drug-likeness (QED) is 0.682. The molecule has 0 aliphatic heterocycles. The van der Waals surface area contributed by atoms with Crippen LogP contribution in [0.5, 0.6) is 0 Å². The molecule has 7 heteroatoms. The Morgan fingerprint density at radius 1 is 1.29 bits per heavy atom. The molecule has 0 unspecified atom stereocenters. The maximum Gasteiger partial charge on any atom is 0.297 e. The molecule has 0 saturated heterocycles. The second kappa shape index (κ2) is 5.99. The molecule has 24 heavy (non-hydrogen) atoms. The minimum absolute atomic E-state index is 0.230. The van der Waals surface area contributed by atoms with Crippen molar-refractivity contribution >= 4 is 22.2 Å². The highest BCUT2D eigenvalue weighted by Crippen LogP contribution is 2.29. The number of fused-ring (bicyclic) bond motifs is 4. The van der Waals surface area contributed by atoms with E-state index in [9.17, 15) is 4.79 Å². The van der Waals surface area contributed by atoms with Gasteiger partial charge in [0.25, 0.3) is 5.56 Å². The summed E-state index contributed by atoms with van der Waals surface area (Å²) in [5.41, 5.74) is 3.35. The molecule has 0 N–H and O–H groups in total. The normalized spacial score (nSPS) is 14.6. The highest BCUT2D eigenvalue weighted by molar-refractivity contribution is 6.00. The van der Waals surface area contributed by atoms with Gasteiger partial charge in [-0.25, -0.2) is 9.97 Å². The topological polar surface area (TPSA) is 79.4 Å². The van der Waals surface area contributed by atoms with Crippen molar-refractivity contribution in [2.45, 2.75) is 38.5 Å². The molecule has 0 aromatic carbocycles. The summed E-state index contributed by atoms with van der Waals surface area (Å²) in [6.45, 7) is 0.246. The van der Waals surface area contributed by atoms with Crippen molar-refractivity contribution in [1.29, 1.82) is 0 Å². The first-order chi connectivity index (χ1) is 11.7. The second-order valence-electron chi connectivity index (χ2n) is 6.04. The van der Waals surface area contributed by atoms with E-state index < -0.39 is 6.29 Å². The van der Waals surface area contributed by atoms with E-state index in [1.165, 1.54) is 37.1 Å². The smallest absolute Gasteiger partial charge is 0.297 e. The Balaban J connectivity index is 1.86. The lowest BCUT2D eigenvalue weighted by atomic mass is 9.95. The van der Waals surface area contributed by atoms with Crippen LogP contribution in [0.1, 0.15) is 24.1 Å². The van der Waals surface area contributed by atoms with Crippen LogP contribution in [0.25, 0.3) is 22.2 Å². The molecule has 3 aromatic heterocycles. The van der Waals surface area contributed by atoms with Crippen LogP contribution in [-0.2, 0) is 28.9 Å². The summed E-state index contributed by atoms with van der Waals surface area (Å²) in [4.78, 5) is 21.7. The fraction of sp³-hybridized carbons (Fsp3) is 0.471. The SMILES string of the molecule is COC(Cn1cnc2c(oc3nc4c(cc32)CCCC4)c1=O)OC. The van der Waals surface area contributed by atoms with Gasteiger partial charge in [0.2, 0.25) is 11.3 Å². The van der Waals surface area contributed by atoms with Gasteiger partial charge in [0.05, 0.1) is 18.3 Å². The third-order valence-electron chi connectivity index (χ3n) is 4.59. The molecular formula is C17H19N3O4. The van der Waals surface area contributed by atoms with Crippen LogP contribution in [0.15, 0.2) is 21.6 Å². The molecule has 7 nitrogen and oxygen atoms in total. The standard InChI is InChI=1S/C17H19N3O4/c1-22-13(23-2)8-20-9-18-14-11-7-10-5-3-4-6-12(10)19-16(11)24-15(14)17(20)21/h7,9,13H,3-6,8H2,1-2H3. The highest BCUT2D eigenvalue weighted by Gasteiger charge is 2.19. The van der Waals surface area contributed by atoms with Gasteiger partial charge in [-0.2, -0.15) is 0 Å². The Morgan fingerprint density at radius 2 is 2.08 bits per heavy atom. The lowest BCUT2D eigenvalue weighted by Gasteiger charge is -2.14. The van der Waals surface area contributed by atoms with Crippen molar-refractivity contribution in [2.75, 3.05) is 14.2 Å². The number of furan rings is 1. The number of aryl methyl sites for hydroxylation is 2. The fourth-order valence-corrected chi connectivity index (χ4v) is 3.25. The number of nitrogens with zero attached hydrogens (tertiary/aromatic N) is 3. The van der Waals surface area contributed by atoms with E-state index in [0.29, 0.717) is 11.2 Å².